The van der Waals surface area contributed by atoms with Crippen LogP contribution in [0.25, 0.3) is 11.3 Å². The molecule has 1 aliphatic carbocycles. The van der Waals surface area contributed by atoms with Crippen LogP contribution in [0, 0.1) is 17.6 Å². The third kappa shape index (κ3) is 4.55. The molecule has 4 rings (SSSR count). The van der Waals surface area contributed by atoms with Crippen LogP contribution in [0.5, 0.6) is 0 Å². The Morgan fingerprint density at radius 3 is 2.43 bits per heavy atom. The van der Waals surface area contributed by atoms with Crippen LogP contribution in [0.3, 0.4) is 0 Å². The summed E-state index contributed by atoms with van der Waals surface area (Å²) < 4.78 is 31.8. The van der Waals surface area contributed by atoms with E-state index in [1.807, 2.05) is 0 Å². The lowest BCUT2D eigenvalue weighted by Gasteiger charge is -2.37. The molecule has 0 atom stereocenters. The van der Waals surface area contributed by atoms with E-state index in [-0.39, 0.29) is 35.3 Å². The highest BCUT2D eigenvalue weighted by Gasteiger charge is 2.33. The smallest absolute Gasteiger partial charge is 0.410 e. The lowest BCUT2D eigenvalue weighted by atomic mass is 9.84. The van der Waals surface area contributed by atoms with Crippen LogP contribution in [-0.4, -0.2) is 46.1 Å². The third-order valence-electron chi connectivity index (χ3n) is 5.57. The molecular formula is C21H22F2N4O3. The number of ether oxygens (including phenoxy) is 1. The second kappa shape index (κ2) is 8.73. The Kier molecular flexibility index (Phi) is 5.87. The fourth-order valence-corrected chi connectivity index (χ4v) is 4.02. The van der Waals surface area contributed by atoms with Crippen LogP contribution in [0.15, 0.2) is 30.6 Å². The number of hydrogen-bond donors (Lipinski definition) is 1. The zero-order valence-corrected chi connectivity index (χ0v) is 16.3. The molecule has 0 spiro atoms. The van der Waals surface area contributed by atoms with E-state index in [4.69, 9.17) is 4.74 Å². The highest BCUT2D eigenvalue weighted by atomic mass is 19.1. The number of anilines is 1. The predicted octanol–water partition coefficient (Wildman–Crippen LogP) is 3.76. The highest BCUT2D eigenvalue weighted by Crippen LogP contribution is 2.30. The molecule has 0 radical (unpaired) electrons. The van der Waals surface area contributed by atoms with Crippen molar-refractivity contribution in [3.05, 3.63) is 42.2 Å². The van der Waals surface area contributed by atoms with Crippen LogP contribution in [0.1, 0.15) is 32.1 Å². The standard InChI is InChI=1S/C21H22F2N4O3/c22-15-8-14(9-16(23)10-15)18-11-25-19(12-24-18)26-20(28)13-2-4-17(5-3-13)27-6-1-7-30-21(27)29/h8-13,17H,1-7H2,(H,25,26,28)/t13-,17+. The molecular weight excluding hydrogens is 394 g/mol. The lowest BCUT2D eigenvalue weighted by molar-refractivity contribution is -0.121. The number of hydrogen-bond acceptors (Lipinski definition) is 5. The predicted molar refractivity (Wildman–Crippen MR) is 104 cm³/mol. The zero-order chi connectivity index (χ0) is 21.1. The first-order valence-electron chi connectivity index (χ1n) is 10.0. The van der Waals surface area contributed by atoms with Crippen molar-refractivity contribution in [2.75, 3.05) is 18.5 Å². The average molecular weight is 416 g/mol. The number of nitrogens with zero attached hydrogens (tertiary/aromatic N) is 3. The Hall–Kier alpha value is -3.10. The third-order valence-corrected chi connectivity index (χ3v) is 5.57. The molecule has 1 saturated heterocycles. The van der Waals surface area contributed by atoms with E-state index in [2.05, 4.69) is 15.3 Å². The molecule has 9 heteroatoms. The minimum absolute atomic E-state index is 0.118. The average Bonchev–Trinajstić information content (AvgIpc) is 2.74. The number of carbonyl (C=O) groups is 2. The molecule has 158 valence electrons. The number of cyclic esters (lactones) is 1. The molecule has 2 heterocycles. The fourth-order valence-electron chi connectivity index (χ4n) is 4.02. The maximum atomic E-state index is 13.4. The van der Waals surface area contributed by atoms with Gasteiger partial charge in [-0.25, -0.2) is 18.6 Å². The molecule has 1 aromatic heterocycles. The van der Waals surface area contributed by atoms with Crippen molar-refractivity contribution < 1.29 is 23.1 Å². The Balaban J connectivity index is 1.32. The van der Waals surface area contributed by atoms with E-state index in [9.17, 15) is 18.4 Å². The first-order valence-corrected chi connectivity index (χ1v) is 10.0. The summed E-state index contributed by atoms with van der Waals surface area (Å²) in [6.45, 7) is 1.18. The summed E-state index contributed by atoms with van der Waals surface area (Å²) in [6.07, 6.45) is 6.16. The minimum Gasteiger partial charge on any atom is -0.449 e. The fraction of sp³-hybridized carbons (Fsp3) is 0.429. The van der Waals surface area contributed by atoms with Crippen LogP contribution in [0.2, 0.25) is 0 Å². The monoisotopic (exact) mass is 416 g/mol. The summed E-state index contributed by atoms with van der Waals surface area (Å²) in [5.74, 6) is -1.42. The first kappa shape index (κ1) is 20.2. The van der Waals surface area contributed by atoms with Gasteiger partial charge < -0.3 is 15.0 Å². The largest absolute Gasteiger partial charge is 0.449 e. The Labute approximate surface area is 172 Å². The van der Waals surface area contributed by atoms with Gasteiger partial charge in [-0.3, -0.25) is 9.78 Å². The summed E-state index contributed by atoms with van der Waals surface area (Å²) >= 11 is 0. The topological polar surface area (TPSA) is 84.4 Å². The number of rotatable bonds is 4. The van der Waals surface area contributed by atoms with E-state index < -0.39 is 11.6 Å². The van der Waals surface area contributed by atoms with Gasteiger partial charge in [0.1, 0.15) is 11.6 Å². The molecule has 1 N–H and O–H groups in total. The Bertz CT molecular complexity index is 910. The molecule has 1 saturated carbocycles. The van der Waals surface area contributed by atoms with E-state index >= 15 is 0 Å². The van der Waals surface area contributed by atoms with Crippen molar-refractivity contribution in [3.63, 3.8) is 0 Å². The summed E-state index contributed by atoms with van der Waals surface area (Å²) in [6, 6.07) is 3.24. The summed E-state index contributed by atoms with van der Waals surface area (Å²) in [7, 11) is 0. The normalized spacial score (nSPS) is 21.8. The molecule has 2 amide bonds. The summed E-state index contributed by atoms with van der Waals surface area (Å²) in [5.41, 5.74) is 0.577. The van der Waals surface area contributed by atoms with Gasteiger partial charge in [0.05, 0.1) is 24.7 Å². The van der Waals surface area contributed by atoms with Crippen molar-refractivity contribution in [2.24, 2.45) is 5.92 Å². The van der Waals surface area contributed by atoms with E-state index in [0.717, 1.165) is 25.3 Å². The molecule has 1 aromatic carbocycles. The van der Waals surface area contributed by atoms with Gasteiger partial charge in [-0.15, -0.1) is 0 Å². The lowest BCUT2D eigenvalue weighted by Crippen LogP contribution is -2.46. The SMILES string of the molecule is O=C1OCCCN1[C@H]1CC[C@@H](C(=O)Nc2cnc(-c3cc(F)cc(F)c3)cn2)CC1. The van der Waals surface area contributed by atoms with E-state index in [1.165, 1.54) is 24.5 Å². The Morgan fingerprint density at radius 2 is 1.80 bits per heavy atom. The second-order valence-corrected chi connectivity index (χ2v) is 7.60. The molecule has 7 nitrogen and oxygen atoms in total. The van der Waals surface area contributed by atoms with Gasteiger partial charge in [-0.05, 0) is 44.2 Å². The number of halogens is 2. The molecule has 30 heavy (non-hydrogen) atoms. The van der Waals surface area contributed by atoms with Crippen molar-refractivity contribution in [1.82, 2.24) is 14.9 Å². The highest BCUT2D eigenvalue weighted by molar-refractivity contribution is 5.91. The van der Waals surface area contributed by atoms with Gasteiger partial charge in [0, 0.05) is 30.1 Å². The van der Waals surface area contributed by atoms with Crippen LogP contribution < -0.4 is 5.32 Å². The van der Waals surface area contributed by atoms with Crippen LogP contribution in [-0.2, 0) is 9.53 Å². The van der Waals surface area contributed by atoms with Gasteiger partial charge in [0.2, 0.25) is 5.91 Å². The van der Waals surface area contributed by atoms with Crippen LogP contribution >= 0.6 is 0 Å². The van der Waals surface area contributed by atoms with E-state index in [1.54, 1.807) is 4.90 Å². The molecule has 0 bridgehead atoms. The minimum atomic E-state index is -0.697. The molecule has 2 aliphatic rings. The first-order chi connectivity index (χ1) is 14.5. The quantitative estimate of drug-likeness (QED) is 0.820. The van der Waals surface area contributed by atoms with Gasteiger partial charge >= 0.3 is 6.09 Å². The van der Waals surface area contributed by atoms with Crippen molar-refractivity contribution in [2.45, 2.75) is 38.1 Å². The van der Waals surface area contributed by atoms with Gasteiger partial charge in [-0.2, -0.15) is 0 Å². The number of aromatic nitrogens is 2. The maximum Gasteiger partial charge on any atom is 0.410 e. The zero-order valence-electron chi connectivity index (χ0n) is 16.3. The second-order valence-electron chi connectivity index (χ2n) is 7.60. The van der Waals surface area contributed by atoms with Gasteiger partial charge in [0.25, 0.3) is 0 Å². The molecule has 2 fully saturated rings. The summed E-state index contributed by atoms with van der Waals surface area (Å²) in [4.78, 5) is 34.5. The number of nitrogens with one attached hydrogen (secondary N) is 1. The van der Waals surface area contributed by atoms with Crippen molar-refractivity contribution >= 4 is 17.8 Å². The number of benzene rings is 1. The molecule has 2 aromatic rings. The van der Waals surface area contributed by atoms with E-state index in [0.29, 0.717) is 31.7 Å². The van der Waals surface area contributed by atoms with Gasteiger partial charge in [0.15, 0.2) is 5.82 Å². The van der Waals surface area contributed by atoms with Gasteiger partial charge in [-0.1, -0.05) is 0 Å². The van der Waals surface area contributed by atoms with Crippen molar-refractivity contribution in [1.29, 1.82) is 0 Å². The van der Waals surface area contributed by atoms with Crippen molar-refractivity contribution in [3.8, 4) is 11.3 Å². The maximum absolute atomic E-state index is 13.4. The number of amides is 2. The molecule has 0 unspecified atom stereocenters. The number of carbonyl (C=O) groups excluding carboxylic acids is 2. The van der Waals surface area contributed by atoms with Crippen LogP contribution in [0.4, 0.5) is 19.4 Å². The Morgan fingerprint density at radius 1 is 1.07 bits per heavy atom. The molecule has 1 aliphatic heterocycles. The summed E-state index contributed by atoms with van der Waals surface area (Å²) in [5, 5.41) is 2.75.